The minimum absolute atomic E-state index is 0.000656. The Morgan fingerprint density at radius 2 is 1.64 bits per heavy atom. The van der Waals surface area contributed by atoms with Gasteiger partial charge in [-0.2, -0.15) is 0 Å². The van der Waals surface area contributed by atoms with E-state index in [9.17, 15) is 31.5 Å². The Kier molecular flexibility index (Phi) is 5.23. The van der Waals surface area contributed by atoms with Crippen molar-refractivity contribution in [3.63, 3.8) is 0 Å². The van der Waals surface area contributed by atoms with Crippen LogP contribution in [0.4, 0.5) is 22.0 Å². The molecular weight excluding hydrogens is 381 g/mol. The van der Waals surface area contributed by atoms with Gasteiger partial charge in [0.25, 0.3) is 0 Å². The summed E-state index contributed by atoms with van der Waals surface area (Å²) in [6.45, 7) is 1.25. The molecule has 1 heterocycles. The van der Waals surface area contributed by atoms with Gasteiger partial charge in [-0.1, -0.05) is 12.1 Å². The third-order valence-corrected chi connectivity index (χ3v) is 5.09. The van der Waals surface area contributed by atoms with E-state index in [1.165, 1.54) is 24.9 Å². The summed E-state index contributed by atoms with van der Waals surface area (Å²) in [4.78, 5) is 26.4. The van der Waals surface area contributed by atoms with Crippen LogP contribution in [0.15, 0.2) is 24.3 Å². The van der Waals surface area contributed by atoms with Crippen molar-refractivity contribution < 1.29 is 31.5 Å². The Morgan fingerprint density at radius 1 is 1.00 bits per heavy atom. The number of amides is 1. The van der Waals surface area contributed by atoms with Crippen LogP contribution in [-0.4, -0.2) is 30.2 Å². The van der Waals surface area contributed by atoms with Crippen LogP contribution >= 0.6 is 0 Å². The van der Waals surface area contributed by atoms with Gasteiger partial charge in [0.1, 0.15) is 23.3 Å². The summed E-state index contributed by atoms with van der Waals surface area (Å²) in [5, 5.41) is 0. The molecule has 2 atom stereocenters. The number of likely N-dealkylation sites (N-methyl/N-ethyl adjacent to an activating group) is 1. The first-order chi connectivity index (χ1) is 13.1. The Morgan fingerprint density at radius 3 is 2.32 bits per heavy atom. The van der Waals surface area contributed by atoms with Gasteiger partial charge in [0.2, 0.25) is 5.91 Å². The molecule has 0 N–H and O–H groups in total. The average Bonchev–Trinajstić information content (AvgIpc) is 2.95. The quantitative estimate of drug-likeness (QED) is 0.449. The maximum Gasteiger partial charge on any atom is 0.233 e. The third-order valence-electron chi connectivity index (χ3n) is 5.09. The number of carbonyl (C=O) groups excluding carboxylic acids is 2. The first kappa shape index (κ1) is 20.0. The second-order valence-corrected chi connectivity index (χ2v) is 6.86. The molecule has 0 aliphatic carbocycles. The van der Waals surface area contributed by atoms with Gasteiger partial charge in [-0.25, -0.2) is 22.0 Å². The highest BCUT2D eigenvalue weighted by Crippen LogP contribution is 2.37. The van der Waals surface area contributed by atoms with E-state index in [1.807, 2.05) is 0 Å². The SMILES string of the molecule is Cc1c(F)ccc([C@H]2CN(C)C(=O)[C@@H]2C(=O)Cc2ccc(F)c(F)c2F)c1F. The fourth-order valence-corrected chi connectivity index (χ4v) is 3.51. The minimum atomic E-state index is -1.71. The molecule has 0 aromatic heterocycles. The molecule has 148 valence electrons. The second kappa shape index (κ2) is 7.33. The van der Waals surface area contributed by atoms with Crippen molar-refractivity contribution in [2.45, 2.75) is 19.3 Å². The van der Waals surface area contributed by atoms with Crippen LogP contribution < -0.4 is 0 Å². The van der Waals surface area contributed by atoms with Crippen molar-refractivity contribution in [3.8, 4) is 0 Å². The average molecular weight is 397 g/mol. The predicted octanol–water partition coefficient (Wildman–Crippen LogP) is 3.67. The molecule has 1 amide bonds. The summed E-state index contributed by atoms with van der Waals surface area (Å²) in [5.74, 6) is -9.83. The lowest BCUT2D eigenvalue weighted by atomic mass is 9.83. The van der Waals surface area contributed by atoms with Gasteiger partial charge in [-0.3, -0.25) is 9.59 Å². The highest BCUT2D eigenvalue weighted by atomic mass is 19.2. The van der Waals surface area contributed by atoms with Crippen molar-refractivity contribution in [2.24, 2.45) is 5.92 Å². The summed E-state index contributed by atoms with van der Waals surface area (Å²) in [6.07, 6.45) is -0.661. The fraction of sp³-hybridized carbons (Fsp3) is 0.300. The second-order valence-electron chi connectivity index (χ2n) is 6.86. The Balaban J connectivity index is 1.96. The number of Topliss-reactive ketones (excluding diaryl/α,β-unsaturated/α-hetero) is 1. The predicted molar refractivity (Wildman–Crippen MR) is 90.0 cm³/mol. The number of halogens is 5. The molecule has 0 radical (unpaired) electrons. The van der Waals surface area contributed by atoms with Gasteiger partial charge in [-0.15, -0.1) is 0 Å². The van der Waals surface area contributed by atoms with Crippen LogP contribution in [0, 0.1) is 41.9 Å². The van der Waals surface area contributed by atoms with Crippen molar-refractivity contribution in [3.05, 3.63) is 70.0 Å². The fourth-order valence-electron chi connectivity index (χ4n) is 3.51. The molecule has 0 saturated carbocycles. The van der Waals surface area contributed by atoms with Crippen LogP contribution in [-0.2, 0) is 16.0 Å². The molecule has 0 spiro atoms. The van der Waals surface area contributed by atoms with Crippen molar-refractivity contribution in [1.82, 2.24) is 4.90 Å². The maximum atomic E-state index is 14.6. The first-order valence-electron chi connectivity index (χ1n) is 8.48. The number of rotatable bonds is 4. The molecule has 2 aromatic rings. The summed E-state index contributed by atoms with van der Waals surface area (Å²) < 4.78 is 68.5. The van der Waals surface area contributed by atoms with Gasteiger partial charge in [0.15, 0.2) is 17.5 Å². The lowest BCUT2D eigenvalue weighted by molar-refractivity contribution is -0.136. The zero-order valence-corrected chi connectivity index (χ0v) is 15.0. The molecule has 1 aliphatic rings. The monoisotopic (exact) mass is 397 g/mol. The Bertz CT molecular complexity index is 976. The van der Waals surface area contributed by atoms with Gasteiger partial charge in [0, 0.05) is 31.5 Å². The smallest absolute Gasteiger partial charge is 0.233 e. The molecule has 0 unspecified atom stereocenters. The molecule has 0 bridgehead atoms. The van der Waals surface area contributed by atoms with Gasteiger partial charge in [0.05, 0.1) is 0 Å². The van der Waals surface area contributed by atoms with Crippen LogP contribution in [0.25, 0.3) is 0 Å². The summed E-state index contributed by atoms with van der Waals surface area (Å²) in [6, 6.07) is 3.83. The zero-order valence-electron chi connectivity index (χ0n) is 15.0. The molecule has 2 aromatic carbocycles. The van der Waals surface area contributed by atoms with Crippen molar-refractivity contribution in [1.29, 1.82) is 0 Å². The van der Waals surface area contributed by atoms with Crippen molar-refractivity contribution in [2.75, 3.05) is 13.6 Å². The molecule has 28 heavy (non-hydrogen) atoms. The highest BCUT2D eigenvalue weighted by molar-refractivity contribution is 6.04. The minimum Gasteiger partial charge on any atom is -0.344 e. The van der Waals surface area contributed by atoms with E-state index < -0.39 is 64.6 Å². The lowest BCUT2D eigenvalue weighted by Crippen LogP contribution is -2.30. The lowest BCUT2D eigenvalue weighted by Gasteiger charge is -2.18. The van der Waals surface area contributed by atoms with Gasteiger partial charge >= 0.3 is 0 Å². The van der Waals surface area contributed by atoms with Crippen LogP contribution in [0.5, 0.6) is 0 Å². The maximum absolute atomic E-state index is 14.6. The first-order valence-corrected chi connectivity index (χ1v) is 8.48. The van der Waals surface area contributed by atoms with E-state index in [4.69, 9.17) is 0 Å². The Hall–Kier alpha value is -2.77. The summed E-state index contributed by atoms with van der Waals surface area (Å²) in [5.41, 5.74) is -0.640. The normalized spacial score (nSPS) is 19.4. The van der Waals surface area contributed by atoms with Crippen molar-refractivity contribution >= 4 is 11.7 Å². The van der Waals surface area contributed by atoms with Crippen LogP contribution in [0.2, 0.25) is 0 Å². The zero-order chi connectivity index (χ0) is 20.7. The highest BCUT2D eigenvalue weighted by Gasteiger charge is 2.45. The van der Waals surface area contributed by atoms with E-state index in [2.05, 4.69) is 0 Å². The summed E-state index contributed by atoms with van der Waals surface area (Å²) in [7, 11) is 1.43. The number of likely N-dealkylation sites (tertiary alicyclic amines) is 1. The van der Waals surface area contributed by atoms with E-state index in [-0.39, 0.29) is 17.7 Å². The largest absolute Gasteiger partial charge is 0.344 e. The molecular formula is C20H16F5NO2. The van der Waals surface area contributed by atoms with E-state index in [0.717, 1.165) is 12.1 Å². The van der Waals surface area contributed by atoms with E-state index in [1.54, 1.807) is 0 Å². The van der Waals surface area contributed by atoms with Gasteiger partial charge in [-0.05, 0) is 30.2 Å². The van der Waals surface area contributed by atoms with E-state index >= 15 is 0 Å². The number of ketones is 1. The molecule has 1 fully saturated rings. The van der Waals surface area contributed by atoms with Gasteiger partial charge < -0.3 is 4.90 Å². The molecule has 1 aliphatic heterocycles. The summed E-state index contributed by atoms with van der Waals surface area (Å²) >= 11 is 0. The standard InChI is InChI=1S/C20H16F5NO2/c1-9-13(21)6-4-11(17(9)23)12-8-26(2)20(28)16(12)15(27)7-10-3-5-14(22)19(25)18(10)24/h3-6,12,16H,7-8H2,1-2H3/t12-,16+/m1/s1. The number of benzene rings is 2. The topological polar surface area (TPSA) is 37.4 Å². The van der Waals surface area contributed by atoms with E-state index in [0.29, 0.717) is 6.07 Å². The third kappa shape index (κ3) is 3.27. The number of carbonyl (C=O) groups is 2. The molecule has 3 nitrogen and oxygen atoms in total. The van der Waals surface area contributed by atoms with Crippen LogP contribution in [0.1, 0.15) is 22.6 Å². The molecule has 8 heteroatoms. The number of hydrogen-bond acceptors (Lipinski definition) is 2. The Labute approximate surface area is 157 Å². The molecule has 3 rings (SSSR count). The number of nitrogens with zero attached hydrogens (tertiary/aromatic N) is 1. The number of hydrogen-bond donors (Lipinski definition) is 0. The van der Waals surface area contributed by atoms with Crippen LogP contribution in [0.3, 0.4) is 0 Å². The molecule has 1 saturated heterocycles.